The molecule has 2 N–H and O–H groups in total. The van der Waals surface area contributed by atoms with E-state index in [2.05, 4.69) is 33.7 Å². The first-order chi connectivity index (χ1) is 13.4. The number of rotatable bonds is 3. The van der Waals surface area contributed by atoms with Gasteiger partial charge in [0.25, 0.3) is 5.91 Å². The molecule has 0 aliphatic rings. The fraction of sp³-hybridized carbons (Fsp3) is 0.0909. The molecule has 0 aliphatic heterocycles. The molecular weight excluding hydrogens is 360 g/mol. The number of aryl methyl sites for hydroxylation is 2. The predicted molar refractivity (Wildman–Crippen MR) is 105 cm³/mol. The van der Waals surface area contributed by atoms with E-state index in [0.29, 0.717) is 11.5 Å². The molecule has 1 heterocycles. The van der Waals surface area contributed by atoms with Crippen molar-refractivity contribution in [2.75, 3.05) is 5.32 Å². The van der Waals surface area contributed by atoms with Crippen molar-refractivity contribution < 1.29 is 13.6 Å². The first-order valence-electron chi connectivity index (χ1n) is 8.74. The minimum atomic E-state index is -0.922. The second kappa shape index (κ2) is 6.88. The second-order valence-corrected chi connectivity index (χ2v) is 6.79. The Morgan fingerprint density at radius 1 is 0.929 bits per heavy atom. The van der Waals surface area contributed by atoms with Gasteiger partial charge < -0.3 is 5.32 Å². The molecular formula is C22H17F2N3O. The van der Waals surface area contributed by atoms with Crippen molar-refractivity contribution in [2.24, 2.45) is 0 Å². The van der Waals surface area contributed by atoms with Crippen LogP contribution in [0.1, 0.15) is 21.5 Å². The van der Waals surface area contributed by atoms with E-state index in [1.807, 2.05) is 32.0 Å². The number of hydrogen-bond donors (Lipinski definition) is 2. The van der Waals surface area contributed by atoms with Gasteiger partial charge in [-0.1, -0.05) is 35.4 Å². The highest BCUT2D eigenvalue weighted by atomic mass is 19.1. The van der Waals surface area contributed by atoms with Gasteiger partial charge in [0.1, 0.15) is 11.6 Å². The van der Waals surface area contributed by atoms with Gasteiger partial charge in [0.2, 0.25) is 0 Å². The van der Waals surface area contributed by atoms with Gasteiger partial charge in [0.15, 0.2) is 5.82 Å². The molecule has 0 bridgehead atoms. The van der Waals surface area contributed by atoms with E-state index < -0.39 is 17.5 Å². The van der Waals surface area contributed by atoms with Gasteiger partial charge in [-0.25, -0.2) is 8.78 Å². The van der Waals surface area contributed by atoms with Crippen LogP contribution in [-0.4, -0.2) is 16.1 Å². The molecule has 28 heavy (non-hydrogen) atoms. The van der Waals surface area contributed by atoms with Crippen molar-refractivity contribution in [3.63, 3.8) is 0 Å². The third kappa shape index (κ3) is 3.36. The lowest BCUT2D eigenvalue weighted by Gasteiger charge is -2.06. The van der Waals surface area contributed by atoms with Gasteiger partial charge in [-0.15, -0.1) is 0 Å². The van der Waals surface area contributed by atoms with Crippen LogP contribution >= 0.6 is 0 Å². The van der Waals surface area contributed by atoms with Gasteiger partial charge in [-0.3, -0.25) is 9.89 Å². The largest absolute Gasteiger partial charge is 0.304 e. The molecule has 0 radical (unpaired) electrons. The fourth-order valence-electron chi connectivity index (χ4n) is 3.28. The van der Waals surface area contributed by atoms with Crippen molar-refractivity contribution in [3.05, 3.63) is 82.9 Å². The number of amides is 1. The van der Waals surface area contributed by atoms with Crippen molar-refractivity contribution in [1.82, 2.24) is 10.2 Å². The summed E-state index contributed by atoms with van der Waals surface area (Å²) < 4.78 is 26.9. The summed E-state index contributed by atoms with van der Waals surface area (Å²) in [6, 6.07) is 14.9. The molecule has 0 fully saturated rings. The molecule has 140 valence electrons. The number of aromatic amines is 1. The van der Waals surface area contributed by atoms with Crippen LogP contribution in [0.25, 0.3) is 22.0 Å². The minimum Gasteiger partial charge on any atom is -0.304 e. The summed E-state index contributed by atoms with van der Waals surface area (Å²) in [7, 11) is 0. The molecule has 4 rings (SSSR count). The van der Waals surface area contributed by atoms with Crippen molar-refractivity contribution in [3.8, 4) is 11.1 Å². The van der Waals surface area contributed by atoms with Crippen LogP contribution in [-0.2, 0) is 0 Å². The monoisotopic (exact) mass is 377 g/mol. The maximum Gasteiger partial charge on any atom is 0.259 e. The van der Waals surface area contributed by atoms with Gasteiger partial charge in [0, 0.05) is 11.5 Å². The first-order valence-corrected chi connectivity index (χ1v) is 8.74. The van der Waals surface area contributed by atoms with Gasteiger partial charge in [-0.2, -0.15) is 5.10 Å². The number of benzene rings is 3. The van der Waals surface area contributed by atoms with Crippen LogP contribution in [0.15, 0.2) is 54.6 Å². The van der Waals surface area contributed by atoms with E-state index in [0.717, 1.165) is 28.8 Å². The summed E-state index contributed by atoms with van der Waals surface area (Å²) >= 11 is 0. The van der Waals surface area contributed by atoms with E-state index in [4.69, 9.17) is 0 Å². The maximum atomic E-state index is 13.8. The topological polar surface area (TPSA) is 57.8 Å². The highest BCUT2D eigenvalue weighted by Crippen LogP contribution is 2.28. The molecule has 4 nitrogen and oxygen atoms in total. The zero-order chi connectivity index (χ0) is 19.8. The molecule has 4 aromatic rings. The Morgan fingerprint density at radius 3 is 2.39 bits per heavy atom. The minimum absolute atomic E-state index is 0.246. The van der Waals surface area contributed by atoms with Gasteiger partial charge in [0.05, 0.1) is 11.1 Å². The molecule has 6 heteroatoms. The number of aromatic nitrogens is 2. The van der Waals surface area contributed by atoms with Gasteiger partial charge in [-0.05, 0) is 49.2 Å². The summed E-state index contributed by atoms with van der Waals surface area (Å²) in [5.41, 5.74) is 4.96. The standard InChI is InChI=1S/C22H17F2N3O/c1-12-7-13(2)9-15(8-12)14-3-5-18-20(10-14)26-27-21(18)25-22(28)17-6-4-16(23)11-19(17)24/h3-11H,1-2H3,(H2,25,26,27,28). The summed E-state index contributed by atoms with van der Waals surface area (Å²) in [6.45, 7) is 4.10. The Morgan fingerprint density at radius 2 is 1.68 bits per heavy atom. The second-order valence-electron chi connectivity index (χ2n) is 6.79. The summed E-state index contributed by atoms with van der Waals surface area (Å²) in [5, 5.41) is 10.3. The number of hydrogen-bond acceptors (Lipinski definition) is 2. The molecule has 3 aromatic carbocycles. The number of anilines is 1. The molecule has 0 saturated carbocycles. The Kier molecular flexibility index (Phi) is 4.39. The lowest BCUT2D eigenvalue weighted by Crippen LogP contribution is -2.14. The predicted octanol–water partition coefficient (Wildman–Crippen LogP) is 5.38. The molecule has 0 unspecified atom stereocenters. The molecule has 1 amide bonds. The highest BCUT2D eigenvalue weighted by Gasteiger charge is 2.16. The summed E-state index contributed by atoms with van der Waals surface area (Å²) in [6.07, 6.45) is 0. The average molecular weight is 377 g/mol. The van der Waals surface area contributed by atoms with E-state index in [-0.39, 0.29) is 11.4 Å². The van der Waals surface area contributed by atoms with E-state index >= 15 is 0 Å². The Hall–Kier alpha value is -3.54. The molecule has 0 saturated heterocycles. The molecule has 1 aromatic heterocycles. The number of halogens is 2. The summed E-state index contributed by atoms with van der Waals surface area (Å²) in [5.74, 6) is -2.06. The Balaban J connectivity index is 1.65. The van der Waals surface area contributed by atoms with Crippen molar-refractivity contribution in [2.45, 2.75) is 13.8 Å². The van der Waals surface area contributed by atoms with Crippen molar-refractivity contribution in [1.29, 1.82) is 0 Å². The van der Waals surface area contributed by atoms with E-state index in [1.165, 1.54) is 11.1 Å². The Bertz CT molecular complexity index is 1190. The van der Waals surface area contributed by atoms with Crippen LogP contribution in [0.2, 0.25) is 0 Å². The molecule has 0 spiro atoms. The van der Waals surface area contributed by atoms with Crippen LogP contribution < -0.4 is 5.32 Å². The number of nitrogens with one attached hydrogen (secondary N) is 2. The molecule has 0 atom stereocenters. The number of fused-ring (bicyclic) bond motifs is 1. The third-order valence-corrected chi connectivity index (χ3v) is 4.53. The SMILES string of the molecule is Cc1cc(C)cc(-c2ccc3c(NC(=O)c4ccc(F)cc4F)n[nH]c3c2)c1. The quantitative estimate of drug-likeness (QED) is 0.504. The number of H-pyrrole nitrogens is 1. The first kappa shape index (κ1) is 17.9. The van der Waals surface area contributed by atoms with E-state index in [1.54, 1.807) is 0 Å². The number of carbonyl (C=O) groups is 1. The van der Waals surface area contributed by atoms with E-state index in [9.17, 15) is 13.6 Å². The molecule has 0 aliphatic carbocycles. The van der Waals surface area contributed by atoms with Gasteiger partial charge >= 0.3 is 0 Å². The highest BCUT2D eigenvalue weighted by molar-refractivity contribution is 6.08. The maximum absolute atomic E-state index is 13.8. The lowest BCUT2D eigenvalue weighted by molar-refractivity contribution is 0.102. The number of nitrogens with zero attached hydrogens (tertiary/aromatic N) is 1. The smallest absolute Gasteiger partial charge is 0.259 e. The van der Waals surface area contributed by atoms with Crippen LogP contribution in [0, 0.1) is 25.5 Å². The average Bonchev–Trinajstić information content (AvgIpc) is 3.03. The number of carbonyl (C=O) groups excluding carboxylic acids is 1. The third-order valence-electron chi connectivity index (χ3n) is 4.53. The normalized spacial score (nSPS) is 11.0. The zero-order valence-electron chi connectivity index (χ0n) is 15.3. The zero-order valence-corrected chi connectivity index (χ0v) is 15.3. The summed E-state index contributed by atoms with van der Waals surface area (Å²) in [4.78, 5) is 12.3. The lowest BCUT2D eigenvalue weighted by atomic mass is 10.00. The van der Waals surface area contributed by atoms with Crippen LogP contribution in [0.5, 0.6) is 0 Å². The van der Waals surface area contributed by atoms with Crippen molar-refractivity contribution >= 4 is 22.6 Å². The van der Waals surface area contributed by atoms with Crippen LogP contribution in [0.3, 0.4) is 0 Å². The Labute approximate surface area is 160 Å². The van der Waals surface area contributed by atoms with Crippen LogP contribution in [0.4, 0.5) is 14.6 Å². The fourth-order valence-corrected chi connectivity index (χ4v) is 3.28.